The minimum absolute atomic E-state index is 0.0460. The van der Waals surface area contributed by atoms with Gasteiger partial charge in [0.2, 0.25) is 0 Å². The molecule has 0 radical (unpaired) electrons. The molecule has 20 heavy (non-hydrogen) atoms. The number of methoxy groups -OCH3 is 1. The largest absolute Gasteiger partial charge is 0.493 e. The van der Waals surface area contributed by atoms with Crippen molar-refractivity contribution in [3.05, 3.63) is 22.7 Å². The first-order chi connectivity index (χ1) is 9.52. The lowest BCUT2D eigenvalue weighted by molar-refractivity contribution is 0.286. The fourth-order valence-electron chi connectivity index (χ4n) is 2.16. The first-order valence-corrected chi connectivity index (χ1v) is 9.02. The van der Waals surface area contributed by atoms with Crippen LogP contribution in [0, 0.1) is 0 Å². The van der Waals surface area contributed by atoms with Gasteiger partial charge < -0.3 is 14.8 Å². The summed E-state index contributed by atoms with van der Waals surface area (Å²) in [6.45, 7) is 1.06. The molecule has 1 atom stereocenters. The van der Waals surface area contributed by atoms with Crippen molar-refractivity contribution < 1.29 is 17.9 Å². The standard InChI is InChI=1S/C13H18BrNO4S/c1-18-12-4-2-3-11(14)13(12)19-7-6-15-10-5-8-20(16,17)9-10/h2-4,10,15H,5-9H2,1H3. The average Bonchev–Trinajstić information content (AvgIpc) is 2.75. The Balaban J connectivity index is 1.79. The van der Waals surface area contributed by atoms with Crippen molar-refractivity contribution in [2.24, 2.45) is 0 Å². The summed E-state index contributed by atoms with van der Waals surface area (Å²) >= 11 is 3.42. The van der Waals surface area contributed by atoms with E-state index in [4.69, 9.17) is 9.47 Å². The second-order valence-corrected chi connectivity index (χ2v) is 7.76. The van der Waals surface area contributed by atoms with E-state index >= 15 is 0 Å². The van der Waals surface area contributed by atoms with Crippen molar-refractivity contribution in [3.8, 4) is 11.5 Å². The normalized spacial score (nSPS) is 20.8. The van der Waals surface area contributed by atoms with Gasteiger partial charge in [-0.2, -0.15) is 0 Å². The minimum atomic E-state index is -2.83. The molecule has 1 aliphatic heterocycles. The summed E-state index contributed by atoms with van der Waals surface area (Å²) in [5.74, 6) is 1.84. The molecule has 5 nitrogen and oxygen atoms in total. The van der Waals surface area contributed by atoms with Gasteiger partial charge >= 0.3 is 0 Å². The third kappa shape index (κ3) is 4.10. The predicted octanol–water partition coefficient (Wildman–Crippen LogP) is 1.61. The maximum Gasteiger partial charge on any atom is 0.175 e. The van der Waals surface area contributed by atoms with Crippen molar-refractivity contribution in [3.63, 3.8) is 0 Å². The second kappa shape index (κ2) is 6.78. The van der Waals surface area contributed by atoms with Crippen LogP contribution < -0.4 is 14.8 Å². The Hall–Kier alpha value is -0.790. The Bertz CT molecular complexity index is 561. The van der Waals surface area contributed by atoms with E-state index < -0.39 is 9.84 Å². The molecule has 1 aromatic rings. The number of sulfone groups is 1. The van der Waals surface area contributed by atoms with Crippen LogP contribution in [-0.2, 0) is 9.84 Å². The lowest BCUT2D eigenvalue weighted by atomic mass is 10.3. The van der Waals surface area contributed by atoms with Gasteiger partial charge in [0.1, 0.15) is 6.61 Å². The zero-order valence-corrected chi connectivity index (χ0v) is 13.7. The number of hydrogen-bond acceptors (Lipinski definition) is 5. The van der Waals surface area contributed by atoms with Gasteiger partial charge in [-0.15, -0.1) is 0 Å². The molecule has 112 valence electrons. The zero-order valence-electron chi connectivity index (χ0n) is 11.3. The monoisotopic (exact) mass is 363 g/mol. The maximum atomic E-state index is 11.3. The molecular formula is C13H18BrNO4S. The topological polar surface area (TPSA) is 64.6 Å². The molecular weight excluding hydrogens is 346 g/mol. The van der Waals surface area contributed by atoms with E-state index in [2.05, 4.69) is 21.2 Å². The summed E-state index contributed by atoms with van der Waals surface area (Å²) in [6.07, 6.45) is 0.681. The highest BCUT2D eigenvalue weighted by molar-refractivity contribution is 9.10. The Labute approximate surface area is 127 Å². The van der Waals surface area contributed by atoms with Crippen LogP contribution in [-0.4, -0.2) is 46.2 Å². The number of hydrogen-bond donors (Lipinski definition) is 1. The Morgan fingerprint density at radius 1 is 1.45 bits per heavy atom. The SMILES string of the molecule is COc1cccc(Br)c1OCCNC1CCS(=O)(=O)C1. The molecule has 7 heteroatoms. The summed E-state index contributed by atoms with van der Waals surface area (Å²) in [4.78, 5) is 0. The van der Waals surface area contributed by atoms with E-state index in [0.29, 0.717) is 31.1 Å². The molecule has 0 saturated carbocycles. The van der Waals surface area contributed by atoms with Crippen LogP contribution >= 0.6 is 15.9 Å². The summed E-state index contributed by atoms with van der Waals surface area (Å²) in [7, 11) is -1.24. The highest BCUT2D eigenvalue weighted by Gasteiger charge is 2.27. The van der Waals surface area contributed by atoms with Crippen molar-refractivity contribution in [1.82, 2.24) is 5.32 Å². The van der Waals surface area contributed by atoms with Crippen molar-refractivity contribution in [2.45, 2.75) is 12.5 Å². The van der Waals surface area contributed by atoms with Crippen LogP contribution in [0.3, 0.4) is 0 Å². The summed E-state index contributed by atoms with van der Waals surface area (Å²) in [5, 5.41) is 3.20. The molecule has 0 aromatic heterocycles. The first kappa shape index (κ1) is 15.6. The molecule has 1 fully saturated rings. The van der Waals surface area contributed by atoms with Crippen LogP contribution in [0.15, 0.2) is 22.7 Å². The van der Waals surface area contributed by atoms with Crippen molar-refractivity contribution in [2.75, 3.05) is 31.8 Å². The minimum Gasteiger partial charge on any atom is -0.493 e. The lowest BCUT2D eigenvalue weighted by Gasteiger charge is -2.14. The van der Waals surface area contributed by atoms with Gasteiger partial charge in [0, 0.05) is 12.6 Å². The predicted molar refractivity (Wildman–Crippen MR) is 81.3 cm³/mol. The van der Waals surface area contributed by atoms with Gasteiger partial charge in [0.15, 0.2) is 21.3 Å². The van der Waals surface area contributed by atoms with Crippen LogP contribution in [0.5, 0.6) is 11.5 Å². The highest BCUT2D eigenvalue weighted by atomic mass is 79.9. The van der Waals surface area contributed by atoms with E-state index in [1.165, 1.54) is 0 Å². The third-order valence-corrected chi connectivity index (χ3v) is 5.56. The summed E-state index contributed by atoms with van der Waals surface area (Å²) in [5.41, 5.74) is 0. The van der Waals surface area contributed by atoms with Crippen LogP contribution in [0.25, 0.3) is 0 Å². The molecule has 0 spiro atoms. The second-order valence-electron chi connectivity index (χ2n) is 4.67. The first-order valence-electron chi connectivity index (χ1n) is 6.41. The van der Waals surface area contributed by atoms with Crippen LogP contribution in [0.2, 0.25) is 0 Å². The van der Waals surface area contributed by atoms with Crippen LogP contribution in [0.1, 0.15) is 6.42 Å². The van der Waals surface area contributed by atoms with Gasteiger partial charge in [0.05, 0.1) is 23.1 Å². The fourth-order valence-corrected chi connectivity index (χ4v) is 4.33. The number of para-hydroxylation sites is 1. The maximum absolute atomic E-state index is 11.3. The molecule has 0 bridgehead atoms. The molecule has 1 saturated heterocycles. The summed E-state index contributed by atoms with van der Waals surface area (Å²) in [6, 6.07) is 5.63. The molecule has 0 aliphatic carbocycles. The van der Waals surface area contributed by atoms with E-state index in [1.54, 1.807) is 7.11 Å². The molecule has 1 aliphatic rings. The Morgan fingerprint density at radius 2 is 2.25 bits per heavy atom. The van der Waals surface area contributed by atoms with Gasteiger partial charge in [-0.25, -0.2) is 8.42 Å². The van der Waals surface area contributed by atoms with E-state index in [9.17, 15) is 8.42 Å². The van der Waals surface area contributed by atoms with Gasteiger partial charge in [-0.3, -0.25) is 0 Å². The van der Waals surface area contributed by atoms with E-state index in [0.717, 1.165) is 4.47 Å². The highest BCUT2D eigenvalue weighted by Crippen LogP contribution is 2.34. The van der Waals surface area contributed by atoms with Crippen molar-refractivity contribution >= 4 is 25.8 Å². The van der Waals surface area contributed by atoms with Gasteiger partial charge in [-0.05, 0) is 34.5 Å². The van der Waals surface area contributed by atoms with Crippen molar-refractivity contribution in [1.29, 1.82) is 0 Å². The van der Waals surface area contributed by atoms with Gasteiger partial charge in [-0.1, -0.05) is 6.07 Å². The number of ether oxygens (including phenoxy) is 2. The Kier molecular flexibility index (Phi) is 5.29. The number of benzene rings is 1. The van der Waals surface area contributed by atoms with E-state index in [1.807, 2.05) is 18.2 Å². The van der Waals surface area contributed by atoms with Gasteiger partial charge in [0.25, 0.3) is 0 Å². The lowest BCUT2D eigenvalue weighted by Crippen LogP contribution is -2.33. The molecule has 1 aromatic carbocycles. The Morgan fingerprint density at radius 3 is 2.90 bits per heavy atom. The molecule has 1 N–H and O–H groups in total. The number of rotatable bonds is 6. The molecule has 2 rings (SSSR count). The molecule has 1 unspecified atom stereocenters. The summed E-state index contributed by atoms with van der Waals surface area (Å²) < 4.78 is 34.4. The molecule has 1 heterocycles. The number of nitrogens with one attached hydrogen (secondary N) is 1. The smallest absolute Gasteiger partial charge is 0.175 e. The van der Waals surface area contributed by atoms with Crippen LogP contribution in [0.4, 0.5) is 0 Å². The average molecular weight is 364 g/mol. The fraction of sp³-hybridized carbons (Fsp3) is 0.538. The van der Waals surface area contributed by atoms with E-state index in [-0.39, 0.29) is 17.5 Å². The number of halogens is 1. The third-order valence-electron chi connectivity index (χ3n) is 3.16. The zero-order chi connectivity index (χ0) is 14.6. The molecule has 0 amide bonds. The quantitative estimate of drug-likeness (QED) is 0.777.